The van der Waals surface area contributed by atoms with Crippen LogP contribution in [0.4, 0.5) is 0 Å². The van der Waals surface area contributed by atoms with E-state index in [9.17, 15) is 0 Å². The Balaban J connectivity index is 1.69. The average Bonchev–Trinajstić information content (AvgIpc) is 3.46. The number of benzene rings is 7. The van der Waals surface area contributed by atoms with E-state index in [4.69, 9.17) is 0 Å². The lowest BCUT2D eigenvalue weighted by Gasteiger charge is -2.20. The molecule has 0 saturated carbocycles. The molecule has 0 saturated heterocycles. The van der Waals surface area contributed by atoms with Gasteiger partial charge in [0.05, 0.1) is 22.1 Å². The maximum absolute atomic E-state index is 2.68. The molecule has 0 amide bonds. The van der Waals surface area contributed by atoms with Crippen molar-refractivity contribution in [3.05, 3.63) is 156 Å². The van der Waals surface area contributed by atoms with Crippen LogP contribution in [0.5, 0.6) is 0 Å². The van der Waals surface area contributed by atoms with Crippen LogP contribution in [0.25, 0.3) is 86.7 Å². The highest BCUT2D eigenvalue weighted by Crippen LogP contribution is 2.45. The first-order valence-corrected chi connectivity index (χ1v) is 17.4. The molecule has 2 nitrogen and oxygen atoms in total. The lowest BCUT2D eigenvalue weighted by Crippen LogP contribution is -2.11. The van der Waals surface area contributed by atoms with Crippen molar-refractivity contribution in [2.24, 2.45) is 0 Å². The maximum atomic E-state index is 2.68. The number of aryl methyl sites for hydroxylation is 3. The van der Waals surface area contributed by atoms with E-state index in [-0.39, 0.29) is 6.17 Å². The van der Waals surface area contributed by atoms with Crippen molar-refractivity contribution in [2.45, 2.75) is 33.9 Å². The highest BCUT2D eigenvalue weighted by Gasteiger charge is 2.27. The van der Waals surface area contributed by atoms with E-state index in [0.717, 1.165) is 0 Å². The molecule has 0 unspecified atom stereocenters. The van der Waals surface area contributed by atoms with Gasteiger partial charge in [0.2, 0.25) is 0 Å². The van der Waals surface area contributed by atoms with E-state index in [1.54, 1.807) is 0 Å². The zero-order chi connectivity index (χ0) is 33.0. The monoisotopic (exact) mass is 628 g/mol. The number of fused-ring (bicyclic) bond motifs is 14. The van der Waals surface area contributed by atoms with Crippen LogP contribution in [0.1, 0.15) is 29.8 Å². The molecule has 0 radical (unpaired) electrons. The second-order valence-corrected chi connectivity index (χ2v) is 13.8. The van der Waals surface area contributed by atoms with E-state index in [0.29, 0.717) is 0 Å². The summed E-state index contributed by atoms with van der Waals surface area (Å²) in [6.07, 6.45) is -0.0103. The molecule has 234 valence electrons. The summed E-state index contributed by atoms with van der Waals surface area (Å²) in [6, 6.07) is 52.2. The Hall–Kier alpha value is -5.86. The molecule has 9 aromatic rings. The summed E-state index contributed by atoms with van der Waals surface area (Å²) in [5, 5.41) is 15.2. The molecular weight excluding hydrogens is 593 g/mol. The van der Waals surface area contributed by atoms with E-state index in [2.05, 4.69) is 176 Å². The molecule has 1 aliphatic heterocycles. The fourth-order valence-electron chi connectivity index (χ4n) is 8.92. The fraction of sp³-hybridized carbons (Fsp3) is 0.106. The van der Waals surface area contributed by atoms with Gasteiger partial charge in [-0.3, -0.25) is 0 Å². The molecule has 0 fully saturated rings. The van der Waals surface area contributed by atoms with Crippen LogP contribution in [0, 0.1) is 20.8 Å². The van der Waals surface area contributed by atoms with E-state index < -0.39 is 0 Å². The molecule has 0 aliphatic carbocycles. The van der Waals surface area contributed by atoms with Crippen LogP contribution in [0.3, 0.4) is 0 Å². The number of para-hydroxylation sites is 1. The van der Waals surface area contributed by atoms with Crippen molar-refractivity contribution in [2.75, 3.05) is 0 Å². The normalized spacial score (nSPS) is 13.9. The molecule has 1 aliphatic rings. The maximum Gasteiger partial charge on any atom is 0.108 e. The quantitative estimate of drug-likeness (QED) is 0.158. The molecule has 0 bridgehead atoms. The zero-order valence-corrected chi connectivity index (χ0v) is 28.3. The van der Waals surface area contributed by atoms with Gasteiger partial charge in [0.1, 0.15) is 6.17 Å². The Morgan fingerprint density at radius 3 is 1.08 bits per heavy atom. The van der Waals surface area contributed by atoms with Gasteiger partial charge in [0.15, 0.2) is 0 Å². The van der Waals surface area contributed by atoms with Crippen molar-refractivity contribution < 1.29 is 0 Å². The van der Waals surface area contributed by atoms with Gasteiger partial charge in [0, 0.05) is 21.5 Å². The molecule has 0 N–H and O–H groups in total. The number of aromatic nitrogens is 2. The Kier molecular flexibility index (Phi) is 5.93. The van der Waals surface area contributed by atoms with Gasteiger partial charge < -0.3 is 9.13 Å². The highest BCUT2D eigenvalue weighted by atomic mass is 15.2. The van der Waals surface area contributed by atoms with E-state index in [1.807, 2.05) is 0 Å². The number of nitrogens with zero attached hydrogens (tertiary/aromatic N) is 2. The molecular formula is C47H36N2. The predicted molar refractivity (Wildman–Crippen MR) is 212 cm³/mol. The number of rotatable bonds is 0. The molecule has 2 heteroatoms. The first-order valence-electron chi connectivity index (χ1n) is 17.4. The Bertz CT molecular complexity index is 3040. The van der Waals surface area contributed by atoms with Crippen LogP contribution >= 0.6 is 0 Å². The molecule has 1 atom stereocenters. The second-order valence-electron chi connectivity index (χ2n) is 13.8. The molecule has 2 aromatic heterocycles. The third kappa shape index (κ3) is 3.77. The van der Waals surface area contributed by atoms with Crippen LogP contribution in [-0.4, -0.2) is 9.13 Å². The summed E-state index contributed by atoms with van der Waals surface area (Å²) in [5.74, 6) is 0. The zero-order valence-electron chi connectivity index (χ0n) is 28.3. The standard InChI is InChI=1S/C47H36N2/c1-28-24-25-41-37-20-10-6-16-33(37)35-18-8-12-22-39(35)43-27-26-42-38-21-11-7-17-34(38)32-15-5-9-19-36(32)40-23-13-14-29(2)44(40)48-31(4)49(45(41)30(28)3)47(43)46(42)48/h5-27,31H,1-4H3/t31-/m1/s1. The highest BCUT2D eigenvalue weighted by molar-refractivity contribution is 6.27. The summed E-state index contributed by atoms with van der Waals surface area (Å²) in [6.45, 7) is 9.25. The van der Waals surface area contributed by atoms with Crippen molar-refractivity contribution in [3.8, 4) is 0 Å². The summed E-state index contributed by atoms with van der Waals surface area (Å²) < 4.78 is 5.34. The number of hydrogen-bond donors (Lipinski definition) is 0. The summed E-state index contributed by atoms with van der Waals surface area (Å²) in [4.78, 5) is 0. The molecule has 3 heterocycles. The SMILES string of the molecule is Cc1ccc2c3ccccc3c3ccccc3c3ccc4c5ccccc5c5ccccc5c5cccc(C)c5n5c4c3n(c2c1C)[C@@H]5C. The van der Waals surface area contributed by atoms with Crippen LogP contribution in [-0.2, 0) is 0 Å². The average molecular weight is 629 g/mol. The third-order valence-corrected chi connectivity index (χ3v) is 11.3. The lowest BCUT2D eigenvalue weighted by atomic mass is 9.99. The van der Waals surface area contributed by atoms with Gasteiger partial charge in [0.25, 0.3) is 0 Å². The van der Waals surface area contributed by atoms with Crippen LogP contribution < -0.4 is 0 Å². The van der Waals surface area contributed by atoms with Gasteiger partial charge in [-0.15, -0.1) is 0 Å². The largest absolute Gasteiger partial charge is 0.317 e. The smallest absolute Gasteiger partial charge is 0.108 e. The first-order chi connectivity index (χ1) is 24.0. The Labute approximate surface area is 285 Å². The minimum atomic E-state index is -0.0103. The first kappa shape index (κ1) is 28.2. The van der Waals surface area contributed by atoms with E-state index in [1.165, 1.54) is 103 Å². The van der Waals surface area contributed by atoms with E-state index >= 15 is 0 Å². The minimum Gasteiger partial charge on any atom is -0.317 e. The molecule has 49 heavy (non-hydrogen) atoms. The second kappa shape index (κ2) is 10.3. The third-order valence-electron chi connectivity index (χ3n) is 11.3. The van der Waals surface area contributed by atoms with Crippen LogP contribution in [0.15, 0.2) is 140 Å². The van der Waals surface area contributed by atoms with Gasteiger partial charge >= 0.3 is 0 Å². The van der Waals surface area contributed by atoms with Crippen molar-refractivity contribution in [1.29, 1.82) is 0 Å². The van der Waals surface area contributed by atoms with Gasteiger partial charge in [-0.05, 0) is 87.5 Å². The predicted octanol–water partition coefficient (Wildman–Crippen LogP) is 13.1. The molecule has 10 rings (SSSR count). The van der Waals surface area contributed by atoms with Gasteiger partial charge in [-0.1, -0.05) is 140 Å². The Morgan fingerprint density at radius 1 is 0.306 bits per heavy atom. The minimum absolute atomic E-state index is 0.0103. The molecule has 7 aromatic carbocycles. The Morgan fingerprint density at radius 2 is 0.633 bits per heavy atom. The fourth-order valence-corrected chi connectivity index (χ4v) is 8.92. The van der Waals surface area contributed by atoms with Crippen molar-refractivity contribution in [3.63, 3.8) is 0 Å². The molecule has 0 spiro atoms. The van der Waals surface area contributed by atoms with Crippen molar-refractivity contribution in [1.82, 2.24) is 9.13 Å². The van der Waals surface area contributed by atoms with Gasteiger partial charge in [-0.2, -0.15) is 0 Å². The van der Waals surface area contributed by atoms with Gasteiger partial charge in [-0.25, -0.2) is 0 Å². The lowest BCUT2D eigenvalue weighted by molar-refractivity contribution is 0.543. The topological polar surface area (TPSA) is 9.86 Å². The summed E-state index contributed by atoms with van der Waals surface area (Å²) in [7, 11) is 0. The summed E-state index contributed by atoms with van der Waals surface area (Å²) in [5.41, 5.74) is 9.00. The summed E-state index contributed by atoms with van der Waals surface area (Å²) >= 11 is 0. The number of hydrogen-bond acceptors (Lipinski definition) is 0. The van der Waals surface area contributed by atoms with Crippen LogP contribution in [0.2, 0.25) is 0 Å². The van der Waals surface area contributed by atoms with Crippen molar-refractivity contribution >= 4 is 86.7 Å².